The fraction of sp³-hybridized carbons (Fsp3) is 1.00. The second-order valence-corrected chi connectivity index (χ2v) is 6.67. The molecule has 0 bridgehead atoms. The van der Waals surface area contributed by atoms with E-state index in [0.29, 0.717) is 12.1 Å². The van der Waals surface area contributed by atoms with Crippen LogP contribution in [-0.4, -0.2) is 34.3 Å². The van der Waals surface area contributed by atoms with Crippen LogP contribution in [0.5, 0.6) is 0 Å². The summed E-state index contributed by atoms with van der Waals surface area (Å²) in [6.45, 7) is 2.25. The van der Waals surface area contributed by atoms with E-state index in [-0.39, 0.29) is 6.10 Å². The molecule has 4 atom stereocenters. The summed E-state index contributed by atoms with van der Waals surface area (Å²) >= 11 is 2.09. The summed E-state index contributed by atoms with van der Waals surface area (Å²) in [6, 6.07) is 1.03. The third-order valence-electron chi connectivity index (χ3n) is 3.99. The number of rotatable bonds is 4. The fourth-order valence-electron chi connectivity index (χ4n) is 3.11. The van der Waals surface area contributed by atoms with Crippen LogP contribution in [0, 0.1) is 0 Å². The van der Waals surface area contributed by atoms with Gasteiger partial charge in [-0.15, -0.1) is 0 Å². The standard InChI is InChI=1S/C13H25NOS/c1-2-16-13-9-5-7-11(13)14-10-6-3-4-8-12(10)15/h10-15H,2-9H2,1H3. The van der Waals surface area contributed by atoms with Crippen molar-refractivity contribution in [3.63, 3.8) is 0 Å². The number of thioether (sulfide) groups is 1. The van der Waals surface area contributed by atoms with Crippen LogP contribution < -0.4 is 5.32 Å². The maximum atomic E-state index is 9.98. The Bertz CT molecular complexity index is 212. The van der Waals surface area contributed by atoms with Crippen LogP contribution in [0.2, 0.25) is 0 Å². The highest BCUT2D eigenvalue weighted by Crippen LogP contribution is 2.31. The second-order valence-electron chi connectivity index (χ2n) is 5.16. The molecule has 0 aromatic rings. The van der Waals surface area contributed by atoms with E-state index in [1.54, 1.807) is 0 Å². The lowest BCUT2D eigenvalue weighted by Crippen LogP contribution is -2.49. The van der Waals surface area contributed by atoms with Crippen LogP contribution in [0.4, 0.5) is 0 Å². The molecule has 2 aliphatic rings. The first-order valence-corrected chi connectivity index (χ1v) is 7.92. The minimum atomic E-state index is -0.0957. The number of aliphatic hydroxyl groups is 1. The average Bonchev–Trinajstić information content (AvgIpc) is 2.70. The Morgan fingerprint density at radius 2 is 1.81 bits per heavy atom. The van der Waals surface area contributed by atoms with Crippen molar-refractivity contribution in [1.82, 2.24) is 5.32 Å². The molecule has 0 saturated heterocycles. The number of nitrogens with one attached hydrogen (secondary N) is 1. The van der Waals surface area contributed by atoms with Crippen LogP contribution >= 0.6 is 11.8 Å². The Morgan fingerprint density at radius 1 is 1.06 bits per heavy atom. The van der Waals surface area contributed by atoms with E-state index >= 15 is 0 Å². The summed E-state index contributed by atoms with van der Waals surface area (Å²) in [7, 11) is 0. The predicted molar refractivity (Wildman–Crippen MR) is 71.0 cm³/mol. The summed E-state index contributed by atoms with van der Waals surface area (Å²) in [6.07, 6.45) is 8.58. The third kappa shape index (κ3) is 3.14. The van der Waals surface area contributed by atoms with Crippen molar-refractivity contribution in [3.8, 4) is 0 Å². The van der Waals surface area contributed by atoms with E-state index in [4.69, 9.17) is 0 Å². The van der Waals surface area contributed by atoms with Gasteiger partial charge < -0.3 is 10.4 Å². The van der Waals surface area contributed by atoms with Gasteiger partial charge in [-0.05, 0) is 31.4 Å². The van der Waals surface area contributed by atoms with Gasteiger partial charge in [0.05, 0.1) is 6.10 Å². The van der Waals surface area contributed by atoms with Gasteiger partial charge in [0.15, 0.2) is 0 Å². The van der Waals surface area contributed by atoms with E-state index in [0.717, 1.165) is 11.7 Å². The Balaban J connectivity index is 1.82. The summed E-state index contributed by atoms with van der Waals surface area (Å²) in [5.74, 6) is 1.22. The van der Waals surface area contributed by atoms with Crippen LogP contribution in [0.15, 0.2) is 0 Å². The van der Waals surface area contributed by atoms with Crippen LogP contribution in [0.25, 0.3) is 0 Å². The van der Waals surface area contributed by atoms with Crippen LogP contribution in [0.1, 0.15) is 51.9 Å². The molecule has 0 aliphatic heterocycles. The molecular weight excluding hydrogens is 218 g/mol. The Kier molecular flexibility index (Phi) is 4.98. The number of aliphatic hydroxyl groups excluding tert-OH is 1. The third-order valence-corrected chi connectivity index (χ3v) is 5.32. The van der Waals surface area contributed by atoms with E-state index in [1.807, 2.05) is 0 Å². The molecule has 0 aromatic heterocycles. The largest absolute Gasteiger partial charge is 0.392 e. The molecule has 2 saturated carbocycles. The van der Waals surface area contributed by atoms with E-state index in [9.17, 15) is 5.11 Å². The Morgan fingerprint density at radius 3 is 2.56 bits per heavy atom. The number of hydrogen-bond acceptors (Lipinski definition) is 3. The van der Waals surface area contributed by atoms with E-state index < -0.39 is 0 Å². The van der Waals surface area contributed by atoms with Gasteiger partial charge in [-0.2, -0.15) is 11.8 Å². The van der Waals surface area contributed by atoms with Crippen molar-refractivity contribution in [2.75, 3.05) is 5.75 Å². The van der Waals surface area contributed by atoms with Crippen molar-refractivity contribution in [2.24, 2.45) is 0 Å². The van der Waals surface area contributed by atoms with Gasteiger partial charge in [-0.3, -0.25) is 0 Å². The van der Waals surface area contributed by atoms with E-state index in [2.05, 4.69) is 24.0 Å². The fourth-order valence-corrected chi connectivity index (χ4v) is 4.32. The minimum absolute atomic E-state index is 0.0957. The molecule has 0 amide bonds. The first-order valence-electron chi connectivity index (χ1n) is 6.87. The predicted octanol–water partition coefficient (Wildman–Crippen LogP) is 2.55. The molecular formula is C13H25NOS. The van der Waals surface area contributed by atoms with Gasteiger partial charge in [-0.1, -0.05) is 26.2 Å². The van der Waals surface area contributed by atoms with Gasteiger partial charge in [0.2, 0.25) is 0 Å². The lowest BCUT2D eigenvalue weighted by atomic mass is 9.92. The normalized spacial score (nSPS) is 40.1. The summed E-state index contributed by atoms with van der Waals surface area (Å²) in [5, 5.41) is 14.5. The quantitative estimate of drug-likeness (QED) is 0.796. The monoisotopic (exact) mass is 243 g/mol. The highest BCUT2D eigenvalue weighted by molar-refractivity contribution is 7.99. The zero-order valence-electron chi connectivity index (χ0n) is 10.3. The topological polar surface area (TPSA) is 32.3 Å². The van der Waals surface area contributed by atoms with Crippen LogP contribution in [0.3, 0.4) is 0 Å². The number of hydrogen-bond donors (Lipinski definition) is 2. The summed E-state index contributed by atoms with van der Waals surface area (Å²) < 4.78 is 0. The molecule has 0 radical (unpaired) electrons. The first-order chi connectivity index (χ1) is 7.81. The van der Waals surface area contributed by atoms with Gasteiger partial charge >= 0.3 is 0 Å². The highest BCUT2D eigenvalue weighted by Gasteiger charge is 2.31. The molecule has 0 spiro atoms. The Hall–Kier alpha value is 0.270. The highest BCUT2D eigenvalue weighted by atomic mass is 32.2. The maximum absolute atomic E-state index is 9.98. The summed E-state index contributed by atoms with van der Waals surface area (Å²) in [5.41, 5.74) is 0. The van der Waals surface area contributed by atoms with Gasteiger partial charge in [0, 0.05) is 17.3 Å². The Labute approximate surface area is 104 Å². The van der Waals surface area contributed by atoms with Gasteiger partial charge in [0.1, 0.15) is 0 Å². The van der Waals surface area contributed by atoms with Gasteiger partial charge in [0.25, 0.3) is 0 Å². The molecule has 2 aliphatic carbocycles. The lowest BCUT2D eigenvalue weighted by molar-refractivity contribution is 0.0855. The lowest BCUT2D eigenvalue weighted by Gasteiger charge is -2.33. The van der Waals surface area contributed by atoms with Crippen molar-refractivity contribution in [1.29, 1.82) is 0 Å². The van der Waals surface area contributed by atoms with Crippen LogP contribution in [-0.2, 0) is 0 Å². The van der Waals surface area contributed by atoms with E-state index in [1.165, 1.54) is 44.3 Å². The first kappa shape index (κ1) is 12.7. The molecule has 2 rings (SSSR count). The minimum Gasteiger partial charge on any atom is -0.392 e. The van der Waals surface area contributed by atoms with Crippen molar-refractivity contribution in [2.45, 2.75) is 75.3 Å². The van der Waals surface area contributed by atoms with Gasteiger partial charge in [-0.25, -0.2) is 0 Å². The zero-order valence-corrected chi connectivity index (χ0v) is 11.1. The molecule has 4 unspecified atom stereocenters. The van der Waals surface area contributed by atoms with Crippen molar-refractivity contribution >= 4 is 11.8 Å². The molecule has 2 nitrogen and oxygen atoms in total. The molecule has 0 aromatic carbocycles. The smallest absolute Gasteiger partial charge is 0.0693 e. The average molecular weight is 243 g/mol. The molecule has 0 heterocycles. The molecule has 2 N–H and O–H groups in total. The maximum Gasteiger partial charge on any atom is 0.0693 e. The van der Waals surface area contributed by atoms with Crippen molar-refractivity contribution < 1.29 is 5.11 Å². The second kappa shape index (κ2) is 6.27. The molecule has 2 fully saturated rings. The van der Waals surface area contributed by atoms with Crippen molar-refractivity contribution in [3.05, 3.63) is 0 Å². The molecule has 3 heteroatoms. The molecule has 16 heavy (non-hydrogen) atoms. The molecule has 94 valence electrons. The zero-order chi connectivity index (χ0) is 11.4. The summed E-state index contributed by atoms with van der Waals surface area (Å²) in [4.78, 5) is 0. The SMILES string of the molecule is CCSC1CCCC1NC1CCCCC1O.